The molecule has 0 bridgehead atoms. The van der Waals surface area contributed by atoms with Gasteiger partial charge in [-0.3, -0.25) is 0 Å². The van der Waals surface area contributed by atoms with E-state index in [-0.39, 0.29) is 6.42 Å². The summed E-state index contributed by atoms with van der Waals surface area (Å²) in [5.41, 5.74) is 0. The Morgan fingerprint density at radius 1 is 1.70 bits per heavy atom. The molecular weight excluding hydrogens is 199 g/mol. The third-order valence-electron chi connectivity index (χ3n) is 1.07. The van der Waals surface area contributed by atoms with Gasteiger partial charge in [-0.15, -0.1) is 0 Å². The fourth-order valence-electron chi connectivity index (χ4n) is 0.558. The van der Waals surface area contributed by atoms with Crippen molar-refractivity contribution in [2.45, 2.75) is 30.1 Å². The van der Waals surface area contributed by atoms with Crippen LogP contribution in [-0.4, -0.2) is 37.2 Å². The van der Waals surface area contributed by atoms with E-state index in [2.05, 4.69) is 5.82 Å². The molecule has 0 spiro atoms. The Kier molecular flexibility index (Phi) is 5.68. The molecule has 0 aliphatic rings. The van der Waals surface area contributed by atoms with Crippen LogP contribution in [0.15, 0.2) is 0 Å². The average molecular weight is 211 g/mol. The van der Waals surface area contributed by atoms with E-state index in [9.17, 15) is 4.79 Å². The Morgan fingerprint density at radius 2 is 2.30 bits per heavy atom. The SMILES string of the molecule is C[Se]CCC(O)CC(=O)O. The average Bonchev–Trinajstić information content (AvgIpc) is 1.82. The van der Waals surface area contributed by atoms with Gasteiger partial charge < -0.3 is 0 Å². The summed E-state index contributed by atoms with van der Waals surface area (Å²) < 4.78 is 0. The van der Waals surface area contributed by atoms with Crippen LogP contribution in [0.25, 0.3) is 0 Å². The van der Waals surface area contributed by atoms with Gasteiger partial charge in [0.1, 0.15) is 0 Å². The van der Waals surface area contributed by atoms with Crippen LogP contribution in [0.5, 0.6) is 0 Å². The zero-order valence-electron chi connectivity index (χ0n) is 5.91. The van der Waals surface area contributed by atoms with Crippen LogP contribution >= 0.6 is 0 Å². The van der Waals surface area contributed by atoms with Crippen molar-refractivity contribution in [3.8, 4) is 0 Å². The fraction of sp³-hybridized carbons (Fsp3) is 0.833. The van der Waals surface area contributed by atoms with Crippen molar-refractivity contribution in [3.63, 3.8) is 0 Å². The molecule has 0 aromatic carbocycles. The van der Waals surface area contributed by atoms with E-state index in [1.54, 1.807) is 0 Å². The molecule has 0 saturated heterocycles. The van der Waals surface area contributed by atoms with Crippen LogP contribution in [0.2, 0.25) is 11.1 Å². The minimum absolute atomic E-state index is 0.115. The normalized spacial score (nSPS) is 13.0. The first-order valence-electron chi connectivity index (χ1n) is 3.05. The monoisotopic (exact) mass is 212 g/mol. The van der Waals surface area contributed by atoms with Crippen molar-refractivity contribution in [1.29, 1.82) is 0 Å². The number of carbonyl (C=O) groups is 1. The predicted octanol–water partition coefficient (Wildman–Crippen LogP) is 0.383. The van der Waals surface area contributed by atoms with E-state index in [1.807, 2.05) is 0 Å². The maximum atomic E-state index is 10.0. The number of aliphatic hydroxyl groups excluding tert-OH is 1. The van der Waals surface area contributed by atoms with Crippen molar-refractivity contribution >= 4 is 20.9 Å². The Labute approximate surface area is 66.6 Å². The van der Waals surface area contributed by atoms with Gasteiger partial charge in [0.25, 0.3) is 0 Å². The quantitative estimate of drug-likeness (QED) is 0.646. The van der Waals surface area contributed by atoms with Gasteiger partial charge in [-0.05, 0) is 0 Å². The van der Waals surface area contributed by atoms with Crippen LogP contribution in [0.1, 0.15) is 12.8 Å². The van der Waals surface area contributed by atoms with Crippen molar-refractivity contribution < 1.29 is 15.0 Å². The third kappa shape index (κ3) is 6.08. The third-order valence-corrected chi connectivity index (χ3v) is 2.42. The first-order chi connectivity index (χ1) is 4.66. The molecule has 2 N–H and O–H groups in total. The number of hydrogen-bond donors (Lipinski definition) is 2. The van der Waals surface area contributed by atoms with E-state index in [0.717, 1.165) is 5.32 Å². The van der Waals surface area contributed by atoms with Gasteiger partial charge in [-0.2, -0.15) is 0 Å². The Balaban J connectivity index is 3.25. The Hall–Kier alpha value is -0.0505. The molecule has 60 valence electrons. The number of aliphatic hydroxyl groups is 1. The summed E-state index contributed by atoms with van der Waals surface area (Å²) in [6.07, 6.45) is -0.127. The van der Waals surface area contributed by atoms with E-state index >= 15 is 0 Å². The van der Waals surface area contributed by atoms with Gasteiger partial charge in [0.05, 0.1) is 0 Å². The Morgan fingerprint density at radius 3 is 2.70 bits per heavy atom. The zero-order chi connectivity index (χ0) is 7.98. The summed E-state index contributed by atoms with van der Waals surface area (Å²) in [7, 11) is 0. The summed E-state index contributed by atoms with van der Waals surface area (Å²) in [6.45, 7) is 0. The maximum absolute atomic E-state index is 10.0. The molecular formula is C6H12O3Se. The van der Waals surface area contributed by atoms with Crippen LogP contribution in [0.3, 0.4) is 0 Å². The predicted molar refractivity (Wildman–Crippen MR) is 39.3 cm³/mol. The second-order valence-corrected chi connectivity index (χ2v) is 4.10. The van der Waals surface area contributed by atoms with Crippen LogP contribution < -0.4 is 0 Å². The number of carboxylic acid groups (broad SMARTS) is 1. The second kappa shape index (κ2) is 5.71. The second-order valence-electron chi connectivity index (χ2n) is 2.03. The van der Waals surface area contributed by atoms with Crippen LogP contribution in [-0.2, 0) is 4.79 Å². The van der Waals surface area contributed by atoms with E-state index in [0.29, 0.717) is 21.4 Å². The number of hydrogen-bond acceptors (Lipinski definition) is 2. The van der Waals surface area contributed by atoms with Gasteiger partial charge in [0.15, 0.2) is 0 Å². The number of aliphatic carboxylic acids is 1. The first-order valence-corrected chi connectivity index (χ1v) is 5.98. The van der Waals surface area contributed by atoms with Gasteiger partial charge in [-0.25, -0.2) is 0 Å². The molecule has 0 rings (SSSR count). The zero-order valence-corrected chi connectivity index (χ0v) is 7.62. The molecule has 0 fully saturated rings. The molecule has 0 aromatic rings. The van der Waals surface area contributed by atoms with E-state index in [1.165, 1.54) is 0 Å². The molecule has 0 aliphatic carbocycles. The van der Waals surface area contributed by atoms with Crippen LogP contribution in [0.4, 0.5) is 0 Å². The van der Waals surface area contributed by atoms with Crippen molar-refractivity contribution in [3.05, 3.63) is 0 Å². The topological polar surface area (TPSA) is 57.5 Å². The molecule has 0 aromatic heterocycles. The fourth-order valence-corrected chi connectivity index (χ4v) is 1.62. The molecule has 0 heterocycles. The molecule has 0 saturated carbocycles. The van der Waals surface area contributed by atoms with Gasteiger partial charge in [0, 0.05) is 0 Å². The molecule has 0 amide bonds. The molecule has 0 aliphatic heterocycles. The molecule has 10 heavy (non-hydrogen) atoms. The minimum atomic E-state index is -0.920. The molecule has 4 heteroatoms. The summed E-state index contributed by atoms with van der Waals surface area (Å²) in [5, 5.41) is 18.2. The van der Waals surface area contributed by atoms with Gasteiger partial charge >= 0.3 is 66.0 Å². The molecule has 3 nitrogen and oxygen atoms in total. The molecule has 1 unspecified atom stereocenters. The summed E-state index contributed by atoms with van der Waals surface area (Å²) in [6, 6.07) is 0. The number of rotatable bonds is 5. The van der Waals surface area contributed by atoms with E-state index in [4.69, 9.17) is 10.2 Å². The van der Waals surface area contributed by atoms with Gasteiger partial charge in [0.2, 0.25) is 0 Å². The molecule has 1 atom stereocenters. The Bertz CT molecular complexity index is 105. The number of carboxylic acids is 1. The van der Waals surface area contributed by atoms with Gasteiger partial charge in [-0.1, -0.05) is 0 Å². The first kappa shape index (κ1) is 9.95. The van der Waals surface area contributed by atoms with Crippen LogP contribution in [0, 0.1) is 0 Å². The standard InChI is InChI=1S/C6H12O3Se/c1-10-3-2-5(7)4-6(8)9/h5,7H,2-4H2,1H3,(H,8,9). The van der Waals surface area contributed by atoms with Crippen molar-refractivity contribution in [2.75, 3.05) is 0 Å². The van der Waals surface area contributed by atoms with Crippen molar-refractivity contribution in [2.24, 2.45) is 0 Å². The van der Waals surface area contributed by atoms with E-state index < -0.39 is 12.1 Å². The summed E-state index contributed by atoms with van der Waals surface area (Å²) in [4.78, 5) is 10.0. The van der Waals surface area contributed by atoms with Crippen molar-refractivity contribution in [1.82, 2.24) is 0 Å². The summed E-state index contributed by atoms with van der Waals surface area (Å²) >= 11 is 0.541. The summed E-state index contributed by atoms with van der Waals surface area (Å²) in [5.74, 6) is 1.15. The molecule has 0 radical (unpaired) electrons.